The zero-order valence-electron chi connectivity index (χ0n) is 9.20. The molecule has 1 unspecified atom stereocenters. The van der Waals surface area contributed by atoms with Gasteiger partial charge in [-0.1, -0.05) is 30.3 Å². The van der Waals surface area contributed by atoms with Gasteiger partial charge in [0.25, 0.3) is 0 Å². The van der Waals surface area contributed by atoms with Gasteiger partial charge in [0.1, 0.15) is 0 Å². The maximum Gasteiger partial charge on any atom is 0.301 e. The van der Waals surface area contributed by atoms with Gasteiger partial charge in [0.05, 0.1) is 19.8 Å². The van der Waals surface area contributed by atoms with Gasteiger partial charge in [-0.15, -0.1) is 0 Å². The van der Waals surface area contributed by atoms with Crippen molar-refractivity contribution >= 4 is 11.4 Å². The summed E-state index contributed by atoms with van der Waals surface area (Å²) in [5, 5.41) is 0. The molecular formula is C11H14O5S. The largest absolute Gasteiger partial charge is 0.343 e. The molecule has 1 aromatic rings. The normalized spacial score (nSPS) is 20.3. The van der Waals surface area contributed by atoms with Crippen LogP contribution >= 0.6 is 0 Å². The lowest BCUT2D eigenvalue weighted by Crippen LogP contribution is -2.29. The van der Waals surface area contributed by atoms with E-state index in [2.05, 4.69) is 4.18 Å². The SMILES string of the molecule is O=S(O)OCCC1(c2ccccc2)OCCO1. The van der Waals surface area contributed by atoms with Crippen molar-refractivity contribution in [2.75, 3.05) is 19.8 Å². The molecule has 1 aliphatic rings. The van der Waals surface area contributed by atoms with Crippen LogP contribution in [0.3, 0.4) is 0 Å². The van der Waals surface area contributed by atoms with E-state index in [0.717, 1.165) is 5.56 Å². The highest BCUT2D eigenvalue weighted by molar-refractivity contribution is 7.74. The monoisotopic (exact) mass is 258 g/mol. The second kappa shape index (κ2) is 5.70. The van der Waals surface area contributed by atoms with E-state index >= 15 is 0 Å². The summed E-state index contributed by atoms with van der Waals surface area (Å²) >= 11 is -2.25. The first-order valence-corrected chi connectivity index (χ1v) is 6.34. The molecule has 1 atom stereocenters. The molecule has 1 N–H and O–H groups in total. The molecule has 0 amide bonds. The second-order valence-electron chi connectivity index (χ2n) is 3.60. The Hall–Kier alpha value is -0.790. The quantitative estimate of drug-likeness (QED) is 0.809. The number of benzene rings is 1. The van der Waals surface area contributed by atoms with Gasteiger partial charge in [0, 0.05) is 12.0 Å². The lowest BCUT2D eigenvalue weighted by molar-refractivity contribution is -0.174. The minimum Gasteiger partial charge on any atom is -0.343 e. The molecule has 0 saturated carbocycles. The molecular weight excluding hydrogens is 244 g/mol. The maximum absolute atomic E-state index is 10.4. The number of hydrogen-bond donors (Lipinski definition) is 1. The van der Waals surface area contributed by atoms with Crippen LogP contribution in [0.15, 0.2) is 30.3 Å². The molecule has 0 bridgehead atoms. The summed E-state index contributed by atoms with van der Waals surface area (Å²) in [6.07, 6.45) is 0.378. The van der Waals surface area contributed by atoms with E-state index in [4.69, 9.17) is 14.0 Å². The van der Waals surface area contributed by atoms with Gasteiger partial charge in [-0.3, -0.25) is 8.74 Å². The molecule has 94 valence electrons. The molecule has 1 fully saturated rings. The molecule has 0 spiro atoms. The summed E-state index contributed by atoms with van der Waals surface area (Å²) in [6, 6.07) is 9.51. The van der Waals surface area contributed by atoms with E-state index in [1.165, 1.54) is 0 Å². The third-order valence-electron chi connectivity index (χ3n) is 2.58. The lowest BCUT2D eigenvalue weighted by Gasteiger charge is -2.27. The highest BCUT2D eigenvalue weighted by atomic mass is 32.2. The van der Waals surface area contributed by atoms with E-state index in [1.54, 1.807) is 0 Å². The number of rotatable bonds is 5. The summed E-state index contributed by atoms with van der Waals surface area (Å²) in [6.45, 7) is 1.12. The first-order chi connectivity index (χ1) is 8.23. The van der Waals surface area contributed by atoms with Gasteiger partial charge in [-0.2, -0.15) is 4.21 Å². The Labute approximate surface area is 102 Å². The van der Waals surface area contributed by atoms with Gasteiger partial charge < -0.3 is 9.47 Å². The molecule has 1 heterocycles. The number of hydrogen-bond acceptors (Lipinski definition) is 4. The standard InChI is InChI=1S/C11H14O5S/c12-17(13)16-7-6-11(14-8-9-15-11)10-4-2-1-3-5-10/h1-5H,6-9H2,(H,12,13). The first kappa shape index (κ1) is 12.7. The molecule has 17 heavy (non-hydrogen) atoms. The molecule has 0 aliphatic carbocycles. The third-order valence-corrected chi connectivity index (χ3v) is 2.95. The Morgan fingerprint density at radius 3 is 2.53 bits per heavy atom. The van der Waals surface area contributed by atoms with Crippen LogP contribution < -0.4 is 0 Å². The maximum atomic E-state index is 10.4. The topological polar surface area (TPSA) is 65.0 Å². The first-order valence-electron chi connectivity index (χ1n) is 5.30. The summed E-state index contributed by atoms with van der Waals surface area (Å²) in [4.78, 5) is 0. The lowest BCUT2D eigenvalue weighted by atomic mass is 10.0. The van der Waals surface area contributed by atoms with Crippen molar-refractivity contribution in [1.82, 2.24) is 0 Å². The number of ether oxygens (including phenoxy) is 2. The Balaban J connectivity index is 2.07. The molecule has 0 radical (unpaired) electrons. The minimum absolute atomic E-state index is 0.0952. The van der Waals surface area contributed by atoms with Gasteiger partial charge in [0.15, 0.2) is 5.79 Å². The van der Waals surface area contributed by atoms with Crippen molar-refractivity contribution in [2.45, 2.75) is 12.2 Å². The Morgan fingerprint density at radius 2 is 1.94 bits per heavy atom. The molecule has 1 aromatic carbocycles. The minimum atomic E-state index is -2.25. The molecule has 0 aromatic heterocycles. The fourth-order valence-corrected chi connectivity index (χ4v) is 2.08. The summed E-state index contributed by atoms with van der Waals surface area (Å²) in [5.74, 6) is -0.847. The Kier molecular flexibility index (Phi) is 4.25. The van der Waals surface area contributed by atoms with Crippen molar-refractivity contribution in [3.63, 3.8) is 0 Å². The Bertz CT molecular complexity index is 375. The van der Waals surface area contributed by atoms with Gasteiger partial charge in [-0.25, -0.2) is 0 Å². The summed E-state index contributed by atoms with van der Waals surface area (Å²) in [5.41, 5.74) is 0.893. The van der Waals surface area contributed by atoms with E-state index in [9.17, 15) is 4.21 Å². The highest BCUT2D eigenvalue weighted by Gasteiger charge is 2.38. The van der Waals surface area contributed by atoms with Crippen molar-refractivity contribution in [2.24, 2.45) is 0 Å². The smallest absolute Gasteiger partial charge is 0.301 e. The van der Waals surface area contributed by atoms with Crippen molar-refractivity contribution in [1.29, 1.82) is 0 Å². The molecule has 2 rings (SSSR count). The second-order valence-corrected chi connectivity index (χ2v) is 4.27. The van der Waals surface area contributed by atoms with Crippen LogP contribution in [0.5, 0.6) is 0 Å². The van der Waals surface area contributed by atoms with Crippen molar-refractivity contribution in [3.05, 3.63) is 35.9 Å². The van der Waals surface area contributed by atoms with Crippen LogP contribution in [0.4, 0.5) is 0 Å². The average molecular weight is 258 g/mol. The van der Waals surface area contributed by atoms with E-state index in [1.807, 2.05) is 30.3 Å². The Morgan fingerprint density at radius 1 is 1.29 bits per heavy atom. The molecule has 5 nitrogen and oxygen atoms in total. The van der Waals surface area contributed by atoms with Crippen LogP contribution in [-0.2, 0) is 30.8 Å². The van der Waals surface area contributed by atoms with Crippen LogP contribution in [0.2, 0.25) is 0 Å². The van der Waals surface area contributed by atoms with E-state index in [0.29, 0.717) is 19.6 Å². The van der Waals surface area contributed by atoms with Crippen LogP contribution in [-0.4, -0.2) is 28.6 Å². The predicted molar refractivity (Wildman–Crippen MR) is 61.4 cm³/mol. The third kappa shape index (κ3) is 3.11. The van der Waals surface area contributed by atoms with Crippen molar-refractivity contribution < 1.29 is 22.4 Å². The molecule has 1 saturated heterocycles. The molecule has 6 heteroatoms. The predicted octanol–water partition coefficient (Wildman–Crippen LogP) is 1.43. The highest BCUT2D eigenvalue weighted by Crippen LogP contribution is 2.34. The summed E-state index contributed by atoms with van der Waals surface area (Å²) < 4.78 is 34.8. The zero-order chi connectivity index (χ0) is 12.1. The van der Waals surface area contributed by atoms with Gasteiger partial charge >= 0.3 is 11.4 Å². The zero-order valence-corrected chi connectivity index (χ0v) is 10.0. The average Bonchev–Trinajstić information content (AvgIpc) is 2.80. The van der Waals surface area contributed by atoms with Crippen LogP contribution in [0, 0.1) is 0 Å². The van der Waals surface area contributed by atoms with Gasteiger partial charge in [-0.05, 0) is 0 Å². The molecule has 1 aliphatic heterocycles. The fourth-order valence-electron chi connectivity index (χ4n) is 1.85. The van der Waals surface area contributed by atoms with Gasteiger partial charge in [0.2, 0.25) is 0 Å². The van der Waals surface area contributed by atoms with Crippen LogP contribution in [0.1, 0.15) is 12.0 Å². The van der Waals surface area contributed by atoms with E-state index in [-0.39, 0.29) is 6.61 Å². The summed E-state index contributed by atoms with van der Waals surface area (Å²) in [7, 11) is 0. The fraction of sp³-hybridized carbons (Fsp3) is 0.455. The van der Waals surface area contributed by atoms with Crippen molar-refractivity contribution in [3.8, 4) is 0 Å². The van der Waals surface area contributed by atoms with E-state index < -0.39 is 17.1 Å². The van der Waals surface area contributed by atoms with Crippen LogP contribution in [0.25, 0.3) is 0 Å².